The lowest BCUT2D eigenvalue weighted by Gasteiger charge is -2.32. The van der Waals surface area contributed by atoms with E-state index in [4.69, 9.17) is 4.74 Å². The summed E-state index contributed by atoms with van der Waals surface area (Å²) in [6.45, 7) is 8.49. The van der Waals surface area contributed by atoms with E-state index in [1.54, 1.807) is 0 Å². The zero-order chi connectivity index (χ0) is 18.2. The molecule has 0 amide bonds. The molecule has 1 aromatic carbocycles. The maximum atomic E-state index is 9.76. The van der Waals surface area contributed by atoms with Gasteiger partial charge in [0, 0.05) is 50.9 Å². The molecule has 1 atom stereocenters. The molecular weight excluding hydrogens is 326 g/mol. The Morgan fingerprint density at radius 1 is 1.04 bits per heavy atom. The molecule has 1 aromatic rings. The van der Waals surface area contributed by atoms with Crippen molar-refractivity contribution >= 4 is 0 Å². The van der Waals surface area contributed by atoms with E-state index in [2.05, 4.69) is 46.0 Å². The Kier molecular flexibility index (Phi) is 7.74. The summed E-state index contributed by atoms with van der Waals surface area (Å²) in [5.74, 6) is 1.00. The molecular formula is C21H35N3O2. The van der Waals surface area contributed by atoms with Gasteiger partial charge >= 0.3 is 0 Å². The van der Waals surface area contributed by atoms with Gasteiger partial charge < -0.3 is 14.7 Å². The van der Waals surface area contributed by atoms with E-state index in [1.807, 2.05) is 0 Å². The molecule has 0 aromatic heterocycles. The van der Waals surface area contributed by atoms with Crippen molar-refractivity contribution in [2.75, 3.05) is 59.5 Å². The molecule has 0 spiro atoms. The van der Waals surface area contributed by atoms with E-state index in [0.717, 1.165) is 64.6 Å². The first kappa shape index (κ1) is 19.6. The lowest BCUT2D eigenvalue weighted by molar-refractivity contribution is 0.115. The molecule has 1 N–H and O–H groups in total. The summed E-state index contributed by atoms with van der Waals surface area (Å²) in [5, 5.41) is 9.76. The summed E-state index contributed by atoms with van der Waals surface area (Å²) in [7, 11) is 2.19. The Labute approximate surface area is 158 Å². The molecule has 2 saturated heterocycles. The van der Waals surface area contributed by atoms with Gasteiger partial charge in [-0.1, -0.05) is 31.0 Å². The van der Waals surface area contributed by atoms with Gasteiger partial charge in [0.05, 0.1) is 6.61 Å². The Morgan fingerprint density at radius 2 is 1.85 bits per heavy atom. The van der Waals surface area contributed by atoms with Gasteiger partial charge in [-0.15, -0.1) is 0 Å². The molecule has 5 heteroatoms. The van der Waals surface area contributed by atoms with E-state index in [-0.39, 0.29) is 12.6 Å². The predicted molar refractivity (Wildman–Crippen MR) is 106 cm³/mol. The quantitative estimate of drug-likeness (QED) is 0.805. The second-order valence-electron chi connectivity index (χ2n) is 7.76. The lowest BCUT2D eigenvalue weighted by Crippen LogP contribution is -2.45. The van der Waals surface area contributed by atoms with Gasteiger partial charge in [-0.05, 0) is 32.5 Å². The van der Waals surface area contributed by atoms with E-state index in [0.29, 0.717) is 0 Å². The summed E-state index contributed by atoms with van der Waals surface area (Å²) in [6.07, 6.45) is 4.83. The Hall–Kier alpha value is -1.14. The normalized spacial score (nSPS) is 23.7. The molecule has 0 bridgehead atoms. The third kappa shape index (κ3) is 5.68. The molecule has 0 radical (unpaired) electrons. The minimum Gasteiger partial charge on any atom is -0.492 e. The molecule has 0 saturated carbocycles. The third-order valence-corrected chi connectivity index (χ3v) is 5.82. The summed E-state index contributed by atoms with van der Waals surface area (Å²) in [6, 6.07) is 8.70. The van der Waals surface area contributed by atoms with E-state index < -0.39 is 0 Å². The van der Waals surface area contributed by atoms with Crippen molar-refractivity contribution in [3.8, 4) is 5.75 Å². The van der Waals surface area contributed by atoms with Crippen LogP contribution in [0.5, 0.6) is 5.75 Å². The smallest absolute Gasteiger partial charge is 0.123 e. The highest BCUT2D eigenvalue weighted by Gasteiger charge is 2.21. The number of likely N-dealkylation sites (tertiary alicyclic amines) is 1. The van der Waals surface area contributed by atoms with Gasteiger partial charge in [0.15, 0.2) is 0 Å². The van der Waals surface area contributed by atoms with Crippen LogP contribution < -0.4 is 4.74 Å². The fourth-order valence-corrected chi connectivity index (χ4v) is 4.00. The third-order valence-electron chi connectivity index (χ3n) is 5.82. The van der Waals surface area contributed by atoms with Gasteiger partial charge in [0.25, 0.3) is 0 Å². The molecule has 0 aliphatic carbocycles. The highest BCUT2D eigenvalue weighted by Crippen LogP contribution is 2.24. The molecule has 2 aliphatic rings. The van der Waals surface area contributed by atoms with Crippen molar-refractivity contribution in [2.24, 2.45) is 0 Å². The zero-order valence-electron chi connectivity index (χ0n) is 16.3. The summed E-state index contributed by atoms with van der Waals surface area (Å²) in [5.41, 5.74) is 1.24. The van der Waals surface area contributed by atoms with Crippen molar-refractivity contribution < 1.29 is 9.84 Å². The first-order valence-corrected chi connectivity index (χ1v) is 10.2. The SMILES string of the molecule is CN1CCN(CCOc2ccccc2CN2CCCCC[C@@H]2CO)CC1. The van der Waals surface area contributed by atoms with E-state index in [1.165, 1.54) is 24.8 Å². The van der Waals surface area contributed by atoms with Gasteiger partial charge in [0.1, 0.15) is 12.4 Å². The fourth-order valence-electron chi connectivity index (χ4n) is 4.00. The van der Waals surface area contributed by atoms with Gasteiger partial charge in [-0.2, -0.15) is 0 Å². The van der Waals surface area contributed by atoms with E-state index >= 15 is 0 Å². The molecule has 2 heterocycles. The first-order valence-electron chi connectivity index (χ1n) is 10.2. The number of rotatable bonds is 7. The number of para-hydroxylation sites is 1. The number of benzene rings is 1. The number of ether oxygens (including phenoxy) is 1. The van der Waals surface area contributed by atoms with Crippen LogP contribution in [-0.4, -0.2) is 85.4 Å². The number of hydrogen-bond acceptors (Lipinski definition) is 5. The number of hydrogen-bond donors (Lipinski definition) is 1. The molecule has 146 valence electrons. The molecule has 2 fully saturated rings. The van der Waals surface area contributed by atoms with Crippen LogP contribution in [0.3, 0.4) is 0 Å². The topological polar surface area (TPSA) is 39.2 Å². The summed E-state index contributed by atoms with van der Waals surface area (Å²) >= 11 is 0. The minimum atomic E-state index is 0.256. The molecule has 5 nitrogen and oxygen atoms in total. The van der Waals surface area contributed by atoms with Crippen LogP contribution in [0.25, 0.3) is 0 Å². The Morgan fingerprint density at radius 3 is 2.65 bits per heavy atom. The van der Waals surface area contributed by atoms with Crippen LogP contribution in [0, 0.1) is 0 Å². The van der Waals surface area contributed by atoms with Crippen LogP contribution in [0.4, 0.5) is 0 Å². The average molecular weight is 362 g/mol. The van der Waals surface area contributed by atoms with Crippen LogP contribution in [0.15, 0.2) is 24.3 Å². The zero-order valence-corrected chi connectivity index (χ0v) is 16.3. The molecule has 2 aliphatic heterocycles. The molecule has 26 heavy (non-hydrogen) atoms. The maximum Gasteiger partial charge on any atom is 0.123 e. The standard InChI is InChI=1S/C21H35N3O2/c1-22-11-13-23(14-12-22)15-16-26-21-9-5-4-7-19(21)17-24-10-6-2-3-8-20(24)18-25/h4-5,7,9,20,25H,2-3,6,8,10-18H2,1H3/t20-/m1/s1. The van der Waals surface area contributed by atoms with Gasteiger partial charge in [-0.3, -0.25) is 9.80 Å². The van der Waals surface area contributed by atoms with Crippen molar-refractivity contribution in [3.05, 3.63) is 29.8 Å². The molecule has 0 unspecified atom stereocenters. The maximum absolute atomic E-state index is 9.76. The predicted octanol–water partition coefficient (Wildman–Crippen LogP) is 2.05. The van der Waals surface area contributed by atoms with Gasteiger partial charge in [-0.25, -0.2) is 0 Å². The largest absolute Gasteiger partial charge is 0.492 e. The highest BCUT2D eigenvalue weighted by molar-refractivity contribution is 5.33. The van der Waals surface area contributed by atoms with Crippen molar-refractivity contribution in [1.29, 1.82) is 0 Å². The summed E-state index contributed by atoms with van der Waals surface area (Å²) < 4.78 is 6.16. The first-order chi connectivity index (χ1) is 12.8. The lowest BCUT2D eigenvalue weighted by atomic mass is 10.1. The van der Waals surface area contributed by atoms with Crippen LogP contribution in [0.2, 0.25) is 0 Å². The van der Waals surface area contributed by atoms with Crippen LogP contribution in [-0.2, 0) is 6.54 Å². The fraction of sp³-hybridized carbons (Fsp3) is 0.714. The highest BCUT2D eigenvalue weighted by atomic mass is 16.5. The van der Waals surface area contributed by atoms with E-state index in [9.17, 15) is 5.11 Å². The number of aliphatic hydroxyl groups is 1. The number of piperazine rings is 1. The van der Waals surface area contributed by atoms with Crippen molar-refractivity contribution in [1.82, 2.24) is 14.7 Å². The number of nitrogens with zero attached hydrogens (tertiary/aromatic N) is 3. The van der Waals surface area contributed by atoms with Gasteiger partial charge in [0.2, 0.25) is 0 Å². The van der Waals surface area contributed by atoms with Crippen molar-refractivity contribution in [2.45, 2.75) is 38.3 Å². The molecule has 3 rings (SSSR count). The average Bonchev–Trinajstić information content (AvgIpc) is 2.89. The second kappa shape index (κ2) is 10.3. The minimum absolute atomic E-state index is 0.256. The number of likely N-dealkylation sites (N-methyl/N-ethyl adjacent to an activating group) is 1. The van der Waals surface area contributed by atoms with Crippen molar-refractivity contribution in [3.63, 3.8) is 0 Å². The summed E-state index contributed by atoms with van der Waals surface area (Å²) in [4.78, 5) is 7.31. The monoisotopic (exact) mass is 361 g/mol. The Balaban J connectivity index is 1.53. The van der Waals surface area contributed by atoms with Crippen LogP contribution in [0.1, 0.15) is 31.2 Å². The number of aliphatic hydroxyl groups excluding tert-OH is 1. The van der Waals surface area contributed by atoms with Crippen LogP contribution >= 0.6 is 0 Å². The second-order valence-corrected chi connectivity index (χ2v) is 7.76. The Bertz CT molecular complexity index is 532.